The van der Waals surface area contributed by atoms with Crippen molar-refractivity contribution in [1.29, 1.82) is 0 Å². The molecule has 0 aromatic heterocycles. The van der Waals surface area contributed by atoms with Crippen LogP contribution in [0, 0.1) is 0 Å². The van der Waals surface area contributed by atoms with E-state index in [0.717, 1.165) is 16.6 Å². The maximum atomic E-state index is 12.6. The number of carbonyl (C=O) groups is 1. The fourth-order valence-corrected chi connectivity index (χ4v) is 2.50. The van der Waals surface area contributed by atoms with Crippen molar-refractivity contribution in [3.05, 3.63) is 65.7 Å². The number of amides is 1. The Morgan fingerprint density at radius 2 is 1.76 bits per heavy atom. The van der Waals surface area contributed by atoms with Crippen LogP contribution in [-0.2, 0) is 6.54 Å². The van der Waals surface area contributed by atoms with Crippen LogP contribution in [0.2, 0.25) is 0 Å². The molecule has 0 fully saturated rings. The number of ether oxygens (including phenoxy) is 1. The van der Waals surface area contributed by atoms with Crippen LogP contribution >= 0.6 is 15.9 Å². The Balaban J connectivity index is 2.14. The normalized spacial score (nSPS) is 10.2. The van der Waals surface area contributed by atoms with E-state index in [2.05, 4.69) is 15.9 Å². The molecule has 0 aliphatic carbocycles. The highest BCUT2D eigenvalue weighted by molar-refractivity contribution is 9.09. The lowest BCUT2D eigenvalue weighted by molar-refractivity contribution is 0.0754. The van der Waals surface area contributed by atoms with Gasteiger partial charge in [0.25, 0.3) is 5.91 Å². The van der Waals surface area contributed by atoms with Crippen molar-refractivity contribution in [3.8, 4) is 5.75 Å². The molecule has 3 nitrogen and oxygen atoms in total. The fourth-order valence-electron chi connectivity index (χ4n) is 2.07. The van der Waals surface area contributed by atoms with E-state index in [1.807, 2.05) is 47.4 Å². The SMILES string of the molecule is COc1ccc(C(=O)N(CCBr)Cc2ccccc2)cc1. The molecule has 2 aromatic rings. The van der Waals surface area contributed by atoms with E-state index in [-0.39, 0.29) is 5.91 Å². The summed E-state index contributed by atoms with van der Waals surface area (Å²) < 4.78 is 5.12. The molecule has 1 amide bonds. The van der Waals surface area contributed by atoms with E-state index in [1.54, 1.807) is 19.2 Å². The van der Waals surface area contributed by atoms with E-state index in [9.17, 15) is 4.79 Å². The van der Waals surface area contributed by atoms with Crippen molar-refractivity contribution in [2.24, 2.45) is 0 Å². The van der Waals surface area contributed by atoms with Gasteiger partial charge in [-0.3, -0.25) is 4.79 Å². The average molecular weight is 348 g/mol. The quantitative estimate of drug-likeness (QED) is 0.745. The molecule has 0 spiro atoms. The Morgan fingerprint density at radius 1 is 1.10 bits per heavy atom. The first-order valence-corrected chi connectivity index (χ1v) is 7.90. The molecule has 0 saturated carbocycles. The van der Waals surface area contributed by atoms with E-state index < -0.39 is 0 Å². The molecule has 0 aliphatic heterocycles. The third kappa shape index (κ3) is 4.33. The number of hydrogen-bond acceptors (Lipinski definition) is 2. The van der Waals surface area contributed by atoms with Crippen molar-refractivity contribution in [1.82, 2.24) is 4.90 Å². The lowest BCUT2D eigenvalue weighted by Gasteiger charge is -2.22. The van der Waals surface area contributed by atoms with Gasteiger partial charge < -0.3 is 9.64 Å². The minimum atomic E-state index is 0.0287. The van der Waals surface area contributed by atoms with Crippen LogP contribution in [0.15, 0.2) is 54.6 Å². The molecule has 0 radical (unpaired) electrons. The van der Waals surface area contributed by atoms with Crippen LogP contribution in [0.1, 0.15) is 15.9 Å². The van der Waals surface area contributed by atoms with Crippen molar-refractivity contribution in [3.63, 3.8) is 0 Å². The second-order valence-electron chi connectivity index (χ2n) is 4.63. The lowest BCUT2D eigenvalue weighted by Crippen LogP contribution is -2.32. The van der Waals surface area contributed by atoms with E-state index in [1.165, 1.54) is 0 Å². The Labute approximate surface area is 133 Å². The third-order valence-corrected chi connectivity index (χ3v) is 3.55. The summed E-state index contributed by atoms with van der Waals surface area (Å²) in [6, 6.07) is 17.2. The molecule has 2 rings (SSSR count). The smallest absolute Gasteiger partial charge is 0.254 e. The summed E-state index contributed by atoms with van der Waals surface area (Å²) in [7, 11) is 1.61. The summed E-state index contributed by atoms with van der Waals surface area (Å²) in [5.74, 6) is 0.780. The summed E-state index contributed by atoms with van der Waals surface area (Å²) >= 11 is 3.41. The second kappa shape index (κ2) is 7.84. The number of carbonyl (C=O) groups excluding carboxylic acids is 1. The molecule has 0 unspecified atom stereocenters. The Kier molecular flexibility index (Phi) is 5.81. The first-order valence-electron chi connectivity index (χ1n) is 6.78. The third-order valence-electron chi connectivity index (χ3n) is 3.19. The van der Waals surface area contributed by atoms with Gasteiger partial charge in [-0.1, -0.05) is 46.3 Å². The second-order valence-corrected chi connectivity index (χ2v) is 5.42. The number of methoxy groups -OCH3 is 1. The van der Waals surface area contributed by atoms with Gasteiger partial charge in [0, 0.05) is 24.0 Å². The van der Waals surface area contributed by atoms with Gasteiger partial charge in [0.15, 0.2) is 0 Å². The number of halogens is 1. The highest BCUT2D eigenvalue weighted by Crippen LogP contribution is 2.15. The standard InChI is InChI=1S/C17H18BrNO2/c1-21-16-9-7-15(8-10-16)17(20)19(12-11-18)13-14-5-3-2-4-6-14/h2-10H,11-13H2,1H3. The highest BCUT2D eigenvalue weighted by Gasteiger charge is 2.15. The molecule has 21 heavy (non-hydrogen) atoms. The molecule has 2 aromatic carbocycles. The maximum Gasteiger partial charge on any atom is 0.254 e. The average Bonchev–Trinajstić information content (AvgIpc) is 2.55. The molecule has 0 saturated heterocycles. The van der Waals surface area contributed by atoms with Gasteiger partial charge in [0.05, 0.1) is 7.11 Å². The highest BCUT2D eigenvalue weighted by atomic mass is 79.9. The van der Waals surface area contributed by atoms with Gasteiger partial charge >= 0.3 is 0 Å². The molecule has 0 N–H and O–H groups in total. The number of benzene rings is 2. The van der Waals surface area contributed by atoms with Crippen molar-refractivity contribution < 1.29 is 9.53 Å². The van der Waals surface area contributed by atoms with E-state index >= 15 is 0 Å². The monoisotopic (exact) mass is 347 g/mol. The summed E-state index contributed by atoms with van der Waals surface area (Å²) in [5.41, 5.74) is 1.80. The van der Waals surface area contributed by atoms with Crippen molar-refractivity contribution >= 4 is 21.8 Å². The van der Waals surface area contributed by atoms with Crippen LogP contribution < -0.4 is 4.74 Å². The predicted octanol–water partition coefficient (Wildman–Crippen LogP) is 3.73. The first-order chi connectivity index (χ1) is 10.2. The number of hydrogen-bond donors (Lipinski definition) is 0. The van der Waals surface area contributed by atoms with Gasteiger partial charge in [-0.15, -0.1) is 0 Å². The molecule has 0 aliphatic rings. The molecule has 0 heterocycles. The van der Waals surface area contributed by atoms with E-state index in [4.69, 9.17) is 4.74 Å². The van der Waals surface area contributed by atoms with Crippen LogP contribution in [-0.4, -0.2) is 29.8 Å². The van der Waals surface area contributed by atoms with E-state index in [0.29, 0.717) is 18.7 Å². The van der Waals surface area contributed by atoms with Gasteiger partial charge in [-0.2, -0.15) is 0 Å². The summed E-state index contributed by atoms with van der Waals surface area (Å²) in [4.78, 5) is 14.4. The van der Waals surface area contributed by atoms with Gasteiger partial charge in [-0.25, -0.2) is 0 Å². The molecule has 0 bridgehead atoms. The van der Waals surface area contributed by atoms with Gasteiger partial charge in [0.2, 0.25) is 0 Å². The zero-order valence-corrected chi connectivity index (χ0v) is 13.5. The van der Waals surface area contributed by atoms with Crippen molar-refractivity contribution in [2.75, 3.05) is 19.0 Å². The zero-order valence-electron chi connectivity index (χ0n) is 12.0. The van der Waals surface area contributed by atoms with Gasteiger partial charge in [0.1, 0.15) is 5.75 Å². The van der Waals surface area contributed by atoms with Crippen LogP contribution in [0.25, 0.3) is 0 Å². The zero-order chi connectivity index (χ0) is 15.1. The Bertz CT molecular complexity index is 569. The number of rotatable bonds is 6. The number of alkyl halides is 1. The summed E-state index contributed by atoms with van der Waals surface area (Å²) in [6.07, 6.45) is 0. The minimum absolute atomic E-state index is 0.0287. The molecule has 0 atom stereocenters. The minimum Gasteiger partial charge on any atom is -0.497 e. The lowest BCUT2D eigenvalue weighted by atomic mass is 10.1. The van der Waals surface area contributed by atoms with Crippen LogP contribution in [0.3, 0.4) is 0 Å². The fraction of sp³-hybridized carbons (Fsp3) is 0.235. The summed E-state index contributed by atoms with van der Waals surface area (Å²) in [6.45, 7) is 1.27. The van der Waals surface area contributed by atoms with Crippen molar-refractivity contribution in [2.45, 2.75) is 6.54 Å². The van der Waals surface area contributed by atoms with Gasteiger partial charge in [-0.05, 0) is 29.8 Å². The molecule has 4 heteroatoms. The largest absolute Gasteiger partial charge is 0.497 e. The van der Waals surface area contributed by atoms with Crippen LogP contribution in [0.4, 0.5) is 0 Å². The first kappa shape index (κ1) is 15.6. The molecule has 110 valence electrons. The topological polar surface area (TPSA) is 29.5 Å². The Morgan fingerprint density at radius 3 is 2.33 bits per heavy atom. The molecular formula is C17H18BrNO2. The predicted molar refractivity (Wildman–Crippen MR) is 88.0 cm³/mol. The summed E-state index contributed by atoms with van der Waals surface area (Å²) in [5, 5.41) is 0.752. The van der Waals surface area contributed by atoms with Crippen LogP contribution in [0.5, 0.6) is 5.75 Å². The molecular weight excluding hydrogens is 330 g/mol. The number of nitrogens with zero attached hydrogens (tertiary/aromatic N) is 1. The maximum absolute atomic E-state index is 12.6. The Hall–Kier alpha value is -1.81.